The molecule has 1 heterocycles. The maximum atomic E-state index is 8.65. The van der Waals surface area contributed by atoms with Crippen LogP contribution in [0.2, 0.25) is 0 Å². The predicted octanol–water partition coefficient (Wildman–Crippen LogP) is 2.40. The van der Waals surface area contributed by atoms with Crippen LogP contribution in [0.1, 0.15) is 11.1 Å². The third-order valence-corrected chi connectivity index (χ3v) is 2.13. The first kappa shape index (κ1) is 10.8. The molecule has 17 heavy (non-hydrogen) atoms. The van der Waals surface area contributed by atoms with E-state index >= 15 is 0 Å². The quantitative estimate of drug-likeness (QED) is 0.640. The number of nitrogens with one attached hydrogen (secondary N) is 1. The fraction of sp³-hybridized carbons (Fsp3) is 0. The molecule has 0 amide bonds. The molecule has 0 unspecified atom stereocenters. The Morgan fingerprint density at radius 2 is 1.82 bits per heavy atom. The molecule has 0 aliphatic heterocycles. The Morgan fingerprint density at radius 3 is 2.47 bits per heavy atom. The van der Waals surface area contributed by atoms with E-state index in [1.165, 1.54) is 0 Å². The minimum absolute atomic E-state index is 0.633. The van der Waals surface area contributed by atoms with Crippen molar-refractivity contribution in [2.75, 3.05) is 5.43 Å². The molecule has 1 aromatic heterocycles. The first-order valence-electron chi connectivity index (χ1n) is 5.08. The summed E-state index contributed by atoms with van der Waals surface area (Å²) in [5.41, 5.74) is 5.33. The Balaban J connectivity index is 1.98. The molecule has 0 fully saturated rings. The molecular weight excluding hydrogens is 212 g/mol. The van der Waals surface area contributed by atoms with Crippen LogP contribution >= 0.6 is 0 Å². The summed E-state index contributed by atoms with van der Waals surface area (Å²) in [5.74, 6) is 0. The first-order chi connectivity index (χ1) is 8.38. The highest BCUT2D eigenvalue weighted by Gasteiger charge is 1.90. The molecule has 1 N–H and O–H groups in total. The Hall–Kier alpha value is -2.67. The molecule has 82 valence electrons. The standard InChI is InChI=1S/C13H10N4/c14-9-11-1-3-13(4-2-11)17-16-10-12-5-7-15-8-6-12/h1-8,10,17H. The molecule has 0 radical (unpaired) electrons. The predicted molar refractivity (Wildman–Crippen MR) is 66.6 cm³/mol. The number of anilines is 1. The lowest BCUT2D eigenvalue weighted by Gasteiger charge is -1.99. The Kier molecular flexibility index (Phi) is 3.46. The summed E-state index contributed by atoms with van der Waals surface area (Å²) in [6.45, 7) is 0. The average Bonchev–Trinajstić information content (AvgIpc) is 2.41. The lowest BCUT2D eigenvalue weighted by atomic mass is 10.2. The second-order valence-electron chi connectivity index (χ2n) is 3.34. The lowest BCUT2D eigenvalue weighted by Crippen LogP contribution is -1.90. The van der Waals surface area contributed by atoms with Gasteiger partial charge < -0.3 is 0 Å². The number of aromatic nitrogens is 1. The van der Waals surface area contributed by atoms with Gasteiger partial charge in [-0.3, -0.25) is 10.4 Å². The number of benzene rings is 1. The number of rotatable bonds is 3. The van der Waals surface area contributed by atoms with Crippen LogP contribution < -0.4 is 5.43 Å². The smallest absolute Gasteiger partial charge is 0.0991 e. The lowest BCUT2D eigenvalue weighted by molar-refractivity contribution is 1.31. The van der Waals surface area contributed by atoms with Crippen LogP contribution in [0.3, 0.4) is 0 Å². The summed E-state index contributed by atoms with van der Waals surface area (Å²) >= 11 is 0. The Morgan fingerprint density at radius 1 is 1.12 bits per heavy atom. The molecule has 0 bridgehead atoms. The van der Waals surface area contributed by atoms with E-state index in [0.717, 1.165) is 11.3 Å². The van der Waals surface area contributed by atoms with Gasteiger partial charge in [-0.25, -0.2) is 0 Å². The van der Waals surface area contributed by atoms with Gasteiger partial charge in [-0.1, -0.05) is 0 Å². The van der Waals surface area contributed by atoms with Gasteiger partial charge in [-0.2, -0.15) is 10.4 Å². The molecule has 4 heteroatoms. The van der Waals surface area contributed by atoms with Crippen LogP contribution in [-0.4, -0.2) is 11.2 Å². The zero-order chi connectivity index (χ0) is 11.9. The number of hydrazone groups is 1. The van der Waals surface area contributed by atoms with E-state index in [0.29, 0.717) is 5.56 Å². The zero-order valence-corrected chi connectivity index (χ0v) is 9.04. The third-order valence-electron chi connectivity index (χ3n) is 2.13. The van der Waals surface area contributed by atoms with Crippen molar-refractivity contribution >= 4 is 11.9 Å². The molecule has 2 rings (SSSR count). The third kappa shape index (κ3) is 3.14. The highest BCUT2D eigenvalue weighted by Crippen LogP contribution is 2.08. The van der Waals surface area contributed by atoms with E-state index in [9.17, 15) is 0 Å². The van der Waals surface area contributed by atoms with Gasteiger partial charge in [0.15, 0.2) is 0 Å². The maximum absolute atomic E-state index is 8.65. The summed E-state index contributed by atoms with van der Waals surface area (Å²) in [7, 11) is 0. The number of hydrogen-bond acceptors (Lipinski definition) is 4. The van der Waals surface area contributed by atoms with Gasteiger partial charge >= 0.3 is 0 Å². The number of hydrogen-bond donors (Lipinski definition) is 1. The minimum Gasteiger partial charge on any atom is -0.279 e. The number of pyridine rings is 1. The van der Waals surface area contributed by atoms with Crippen LogP contribution in [0.25, 0.3) is 0 Å². The molecule has 0 aliphatic rings. The molecule has 2 aromatic rings. The van der Waals surface area contributed by atoms with Gasteiger partial charge in [0.1, 0.15) is 0 Å². The van der Waals surface area contributed by atoms with Crippen molar-refractivity contribution in [1.82, 2.24) is 4.98 Å². The van der Waals surface area contributed by atoms with Crippen LogP contribution in [-0.2, 0) is 0 Å². The zero-order valence-electron chi connectivity index (χ0n) is 9.04. The van der Waals surface area contributed by atoms with Crippen molar-refractivity contribution in [3.63, 3.8) is 0 Å². The van der Waals surface area contributed by atoms with Crippen molar-refractivity contribution in [2.24, 2.45) is 5.10 Å². The minimum atomic E-state index is 0.633. The van der Waals surface area contributed by atoms with Crippen molar-refractivity contribution in [1.29, 1.82) is 5.26 Å². The molecule has 1 aromatic carbocycles. The highest BCUT2D eigenvalue weighted by atomic mass is 15.3. The van der Waals surface area contributed by atoms with E-state index < -0.39 is 0 Å². The normalized spacial score (nSPS) is 10.1. The molecular formula is C13H10N4. The van der Waals surface area contributed by atoms with Crippen molar-refractivity contribution < 1.29 is 0 Å². The average molecular weight is 222 g/mol. The van der Waals surface area contributed by atoms with Gasteiger partial charge in [0.05, 0.1) is 23.5 Å². The molecule has 0 atom stereocenters. The van der Waals surface area contributed by atoms with Gasteiger partial charge in [0.2, 0.25) is 0 Å². The molecule has 0 aliphatic carbocycles. The largest absolute Gasteiger partial charge is 0.279 e. The van der Waals surface area contributed by atoms with E-state index in [1.807, 2.05) is 24.3 Å². The highest BCUT2D eigenvalue weighted by molar-refractivity contribution is 5.79. The van der Waals surface area contributed by atoms with E-state index in [-0.39, 0.29) is 0 Å². The number of nitriles is 1. The maximum Gasteiger partial charge on any atom is 0.0991 e. The van der Waals surface area contributed by atoms with E-state index in [2.05, 4.69) is 21.6 Å². The topological polar surface area (TPSA) is 61.1 Å². The van der Waals surface area contributed by atoms with Crippen LogP contribution in [0.15, 0.2) is 53.9 Å². The van der Waals surface area contributed by atoms with E-state index in [1.54, 1.807) is 30.7 Å². The molecule has 0 saturated carbocycles. The van der Waals surface area contributed by atoms with Gasteiger partial charge in [-0.05, 0) is 42.0 Å². The monoisotopic (exact) mass is 222 g/mol. The van der Waals surface area contributed by atoms with Crippen LogP contribution in [0.4, 0.5) is 5.69 Å². The van der Waals surface area contributed by atoms with Gasteiger partial charge in [0, 0.05) is 12.4 Å². The van der Waals surface area contributed by atoms with Crippen LogP contribution in [0.5, 0.6) is 0 Å². The summed E-state index contributed by atoms with van der Waals surface area (Å²) in [5, 5.41) is 12.7. The Bertz CT molecular complexity index is 538. The molecule has 0 saturated heterocycles. The summed E-state index contributed by atoms with van der Waals surface area (Å²) in [6.07, 6.45) is 5.13. The molecule has 4 nitrogen and oxygen atoms in total. The fourth-order valence-corrected chi connectivity index (χ4v) is 1.25. The Labute approximate surface area is 99.2 Å². The van der Waals surface area contributed by atoms with Crippen molar-refractivity contribution in [3.05, 3.63) is 59.9 Å². The summed E-state index contributed by atoms with van der Waals surface area (Å²) in [6, 6.07) is 12.9. The van der Waals surface area contributed by atoms with Crippen LogP contribution in [0, 0.1) is 11.3 Å². The van der Waals surface area contributed by atoms with Gasteiger partial charge in [-0.15, -0.1) is 0 Å². The fourth-order valence-electron chi connectivity index (χ4n) is 1.25. The molecule has 0 spiro atoms. The first-order valence-corrected chi connectivity index (χ1v) is 5.08. The van der Waals surface area contributed by atoms with E-state index in [4.69, 9.17) is 5.26 Å². The van der Waals surface area contributed by atoms with Gasteiger partial charge in [0.25, 0.3) is 0 Å². The van der Waals surface area contributed by atoms with Crippen molar-refractivity contribution in [3.8, 4) is 6.07 Å². The number of nitrogens with zero attached hydrogens (tertiary/aromatic N) is 3. The second-order valence-corrected chi connectivity index (χ2v) is 3.34. The summed E-state index contributed by atoms with van der Waals surface area (Å²) < 4.78 is 0. The van der Waals surface area contributed by atoms with Crippen molar-refractivity contribution in [2.45, 2.75) is 0 Å². The second kappa shape index (κ2) is 5.42. The summed E-state index contributed by atoms with van der Waals surface area (Å²) in [4.78, 5) is 3.92. The SMILES string of the molecule is N#Cc1ccc(NN=Cc2ccncc2)cc1.